The van der Waals surface area contributed by atoms with Crippen molar-refractivity contribution < 1.29 is 24.2 Å². The number of amides is 1. The van der Waals surface area contributed by atoms with Crippen molar-refractivity contribution in [1.82, 2.24) is 5.32 Å². The van der Waals surface area contributed by atoms with E-state index in [1.165, 1.54) is 38.5 Å². The Balaban J connectivity index is 4.00. The van der Waals surface area contributed by atoms with Gasteiger partial charge in [0.1, 0.15) is 6.04 Å². The maximum absolute atomic E-state index is 12.0. The average molecular weight is 372 g/mol. The number of rotatable bonds is 16. The number of aliphatic carboxylic acids is 1. The molecule has 1 amide bonds. The summed E-state index contributed by atoms with van der Waals surface area (Å²) in [4.78, 5) is 34.7. The van der Waals surface area contributed by atoms with Crippen molar-refractivity contribution in [2.45, 2.75) is 110 Å². The van der Waals surface area contributed by atoms with Gasteiger partial charge in [-0.1, -0.05) is 58.3 Å². The van der Waals surface area contributed by atoms with Gasteiger partial charge in [0.05, 0.1) is 6.10 Å². The van der Waals surface area contributed by atoms with Gasteiger partial charge in [0.25, 0.3) is 0 Å². The van der Waals surface area contributed by atoms with Crippen molar-refractivity contribution in [3.63, 3.8) is 0 Å². The Morgan fingerprint density at radius 2 is 1.42 bits per heavy atom. The Hall–Kier alpha value is -1.59. The molecular formula is C20H37NO5. The quantitative estimate of drug-likeness (QED) is 0.313. The average Bonchev–Trinajstić information content (AvgIpc) is 2.56. The molecule has 6 nitrogen and oxygen atoms in total. The van der Waals surface area contributed by atoms with Crippen LogP contribution in [0, 0.1) is 0 Å². The molecule has 0 unspecified atom stereocenters. The third-order valence-corrected chi connectivity index (χ3v) is 4.13. The molecule has 0 saturated carbocycles. The minimum Gasteiger partial charge on any atom is -0.481 e. The second-order valence-electron chi connectivity index (χ2n) is 7.12. The summed E-state index contributed by atoms with van der Waals surface area (Å²) < 4.78 is 5.10. The number of nitrogens with one attached hydrogen (secondary N) is 1. The summed E-state index contributed by atoms with van der Waals surface area (Å²) in [6.07, 6.45) is 10.4. The molecule has 0 aliphatic rings. The first-order valence-corrected chi connectivity index (χ1v) is 10.1. The fourth-order valence-electron chi connectivity index (χ4n) is 2.69. The summed E-state index contributed by atoms with van der Waals surface area (Å²) in [5.41, 5.74) is 0. The molecule has 0 aromatic carbocycles. The van der Waals surface area contributed by atoms with Gasteiger partial charge in [-0.3, -0.25) is 9.59 Å². The van der Waals surface area contributed by atoms with E-state index in [0.29, 0.717) is 6.42 Å². The van der Waals surface area contributed by atoms with E-state index in [-0.39, 0.29) is 24.9 Å². The van der Waals surface area contributed by atoms with Crippen molar-refractivity contribution in [2.24, 2.45) is 0 Å². The molecule has 0 saturated heterocycles. The lowest BCUT2D eigenvalue weighted by atomic mass is 10.1. The molecule has 0 rings (SSSR count). The number of unbranched alkanes of at least 4 members (excludes halogenated alkanes) is 8. The van der Waals surface area contributed by atoms with Crippen LogP contribution in [0.4, 0.5) is 0 Å². The smallest absolute Gasteiger partial charge is 0.328 e. The molecule has 0 aliphatic heterocycles. The van der Waals surface area contributed by atoms with Crippen molar-refractivity contribution in [3.8, 4) is 0 Å². The molecular weight excluding hydrogens is 334 g/mol. The van der Waals surface area contributed by atoms with E-state index in [0.717, 1.165) is 19.3 Å². The van der Waals surface area contributed by atoms with Crippen LogP contribution in [0.3, 0.4) is 0 Å². The number of hydrogen-bond acceptors (Lipinski definition) is 4. The van der Waals surface area contributed by atoms with Crippen molar-refractivity contribution >= 4 is 17.8 Å². The zero-order valence-electron chi connectivity index (χ0n) is 16.7. The predicted octanol–water partition coefficient (Wildman–Crippen LogP) is 4.21. The van der Waals surface area contributed by atoms with Crippen LogP contribution in [-0.4, -0.2) is 35.1 Å². The third kappa shape index (κ3) is 14.7. The van der Waals surface area contributed by atoms with Crippen LogP contribution in [0.25, 0.3) is 0 Å². The first-order valence-electron chi connectivity index (χ1n) is 10.1. The number of carbonyl (C=O) groups is 3. The van der Waals surface area contributed by atoms with Crippen LogP contribution in [0.1, 0.15) is 97.8 Å². The lowest BCUT2D eigenvalue weighted by Gasteiger charge is -2.18. The highest BCUT2D eigenvalue weighted by Crippen LogP contribution is 2.11. The Labute approximate surface area is 158 Å². The molecule has 152 valence electrons. The van der Waals surface area contributed by atoms with Gasteiger partial charge in [-0.2, -0.15) is 0 Å². The highest BCUT2D eigenvalue weighted by Gasteiger charge is 2.23. The lowest BCUT2D eigenvalue weighted by molar-refractivity contribution is -0.152. The van der Waals surface area contributed by atoms with Gasteiger partial charge in [0.2, 0.25) is 5.91 Å². The number of hydrogen-bond donors (Lipinski definition) is 2. The highest BCUT2D eigenvalue weighted by molar-refractivity contribution is 5.84. The molecule has 0 radical (unpaired) electrons. The van der Waals surface area contributed by atoms with E-state index in [4.69, 9.17) is 9.84 Å². The maximum Gasteiger partial charge on any atom is 0.328 e. The van der Waals surface area contributed by atoms with Crippen molar-refractivity contribution in [1.29, 1.82) is 0 Å². The van der Waals surface area contributed by atoms with Gasteiger partial charge in [0, 0.05) is 12.8 Å². The van der Waals surface area contributed by atoms with Crippen molar-refractivity contribution in [2.75, 3.05) is 0 Å². The van der Waals surface area contributed by atoms with Crippen molar-refractivity contribution in [3.05, 3.63) is 0 Å². The van der Waals surface area contributed by atoms with E-state index >= 15 is 0 Å². The minimum atomic E-state index is -1.000. The third-order valence-electron chi connectivity index (χ3n) is 4.13. The van der Waals surface area contributed by atoms with Gasteiger partial charge < -0.3 is 15.2 Å². The standard InChI is InChI=1S/C20H37NO5/c1-4-5-6-7-8-9-10-11-12-13-18(22)21-17(14-15-19(23)24)20(25)26-16(2)3/h16-17H,4-15H2,1-3H3,(H,21,22)(H,23,24)/t17-/m0/s1. The van der Waals surface area contributed by atoms with Gasteiger partial charge in [-0.15, -0.1) is 0 Å². The zero-order chi connectivity index (χ0) is 19.8. The molecule has 6 heteroatoms. The lowest BCUT2D eigenvalue weighted by Crippen LogP contribution is -2.42. The first kappa shape index (κ1) is 24.4. The van der Waals surface area contributed by atoms with E-state index < -0.39 is 18.0 Å². The summed E-state index contributed by atoms with van der Waals surface area (Å²) in [5.74, 6) is -1.79. The van der Waals surface area contributed by atoms with E-state index in [2.05, 4.69) is 12.2 Å². The summed E-state index contributed by atoms with van der Waals surface area (Å²) in [5, 5.41) is 11.4. The van der Waals surface area contributed by atoms with Crippen LogP contribution in [0.5, 0.6) is 0 Å². The maximum atomic E-state index is 12.0. The topological polar surface area (TPSA) is 92.7 Å². The first-order chi connectivity index (χ1) is 12.4. The highest BCUT2D eigenvalue weighted by atomic mass is 16.5. The fraction of sp³-hybridized carbons (Fsp3) is 0.850. The molecule has 26 heavy (non-hydrogen) atoms. The molecule has 2 N–H and O–H groups in total. The van der Waals surface area contributed by atoms with Gasteiger partial charge in [0.15, 0.2) is 0 Å². The Morgan fingerprint density at radius 1 is 0.885 bits per heavy atom. The largest absolute Gasteiger partial charge is 0.481 e. The summed E-state index contributed by atoms with van der Waals surface area (Å²) in [6.45, 7) is 5.65. The summed E-state index contributed by atoms with van der Waals surface area (Å²) in [7, 11) is 0. The second-order valence-corrected chi connectivity index (χ2v) is 7.12. The molecule has 0 aromatic heterocycles. The zero-order valence-corrected chi connectivity index (χ0v) is 16.7. The van der Waals surface area contributed by atoms with Crippen LogP contribution >= 0.6 is 0 Å². The van der Waals surface area contributed by atoms with Gasteiger partial charge in [-0.05, 0) is 26.7 Å². The van der Waals surface area contributed by atoms with Crippen LogP contribution in [0.2, 0.25) is 0 Å². The van der Waals surface area contributed by atoms with Crippen LogP contribution < -0.4 is 5.32 Å². The van der Waals surface area contributed by atoms with Crippen LogP contribution in [0.15, 0.2) is 0 Å². The Kier molecular flexibility index (Phi) is 14.7. The molecule has 0 fully saturated rings. The number of carboxylic acid groups (broad SMARTS) is 1. The van der Waals surface area contributed by atoms with E-state index in [9.17, 15) is 14.4 Å². The molecule has 0 aromatic rings. The predicted molar refractivity (Wildman–Crippen MR) is 102 cm³/mol. The van der Waals surface area contributed by atoms with Gasteiger partial charge >= 0.3 is 11.9 Å². The molecule has 0 bridgehead atoms. The molecule has 0 spiro atoms. The molecule has 0 heterocycles. The monoisotopic (exact) mass is 371 g/mol. The normalized spacial score (nSPS) is 12.0. The minimum absolute atomic E-state index is 0.0460. The number of carboxylic acids is 1. The number of ether oxygens (including phenoxy) is 1. The molecule has 0 aliphatic carbocycles. The SMILES string of the molecule is CCCCCCCCCCCC(=O)N[C@@H](CCC(=O)O)C(=O)OC(C)C. The fourth-order valence-corrected chi connectivity index (χ4v) is 2.69. The molecule has 1 atom stereocenters. The number of esters is 1. The second kappa shape index (κ2) is 15.6. The Bertz CT molecular complexity index is 409. The Morgan fingerprint density at radius 3 is 1.92 bits per heavy atom. The van der Waals surface area contributed by atoms with Gasteiger partial charge in [-0.25, -0.2) is 4.79 Å². The van der Waals surface area contributed by atoms with E-state index in [1.807, 2.05) is 0 Å². The summed E-state index contributed by atoms with van der Waals surface area (Å²) >= 11 is 0. The van der Waals surface area contributed by atoms with E-state index in [1.54, 1.807) is 13.8 Å². The summed E-state index contributed by atoms with van der Waals surface area (Å²) in [6, 6.07) is -0.889. The van der Waals surface area contributed by atoms with Crippen LogP contribution in [-0.2, 0) is 19.1 Å². The number of carbonyl (C=O) groups excluding carboxylic acids is 2.